The van der Waals surface area contributed by atoms with Gasteiger partial charge < -0.3 is 14.4 Å². The second kappa shape index (κ2) is 7.20. The van der Waals surface area contributed by atoms with Crippen LogP contribution in [0.1, 0.15) is 43.5 Å². The van der Waals surface area contributed by atoms with Crippen molar-refractivity contribution in [3.63, 3.8) is 0 Å². The number of hydrogen-bond donors (Lipinski definition) is 0. The van der Waals surface area contributed by atoms with Crippen LogP contribution in [0.5, 0.6) is 5.75 Å². The molecule has 0 unspecified atom stereocenters. The maximum absolute atomic E-state index is 13.6. The smallest absolute Gasteiger partial charge is 0.228 e. The lowest BCUT2D eigenvalue weighted by atomic mass is 9.96. The van der Waals surface area contributed by atoms with E-state index in [4.69, 9.17) is 9.47 Å². The van der Waals surface area contributed by atoms with Crippen molar-refractivity contribution >= 4 is 21.8 Å². The molecule has 1 amide bonds. The van der Waals surface area contributed by atoms with E-state index in [0.717, 1.165) is 22.2 Å². The number of halogens is 1. The highest BCUT2D eigenvalue weighted by Crippen LogP contribution is 2.48. The highest BCUT2D eigenvalue weighted by atomic mass is 79.9. The molecule has 0 spiro atoms. The van der Waals surface area contributed by atoms with Gasteiger partial charge in [0, 0.05) is 16.8 Å². The number of rotatable bonds is 4. The number of ether oxygens (including phenoxy) is 2. The molecule has 2 aromatic carbocycles. The molecule has 1 aliphatic heterocycles. The van der Waals surface area contributed by atoms with Gasteiger partial charge in [-0.25, -0.2) is 0 Å². The van der Waals surface area contributed by atoms with E-state index in [-0.39, 0.29) is 24.0 Å². The summed E-state index contributed by atoms with van der Waals surface area (Å²) in [4.78, 5) is 15.6. The predicted octanol–water partition coefficient (Wildman–Crippen LogP) is 4.90. The van der Waals surface area contributed by atoms with Crippen molar-refractivity contribution in [2.24, 2.45) is 5.92 Å². The van der Waals surface area contributed by atoms with Crippen LogP contribution in [-0.2, 0) is 22.4 Å². The highest BCUT2D eigenvalue weighted by Gasteiger charge is 2.53. The predicted molar refractivity (Wildman–Crippen MR) is 112 cm³/mol. The minimum absolute atomic E-state index is 0.00472. The van der Waals surface area contributed by atoms with Gasteiger partial charge >= 0.3 is 0 Å². The Morgan fingerprint density at radius 2 is 2.07 bits per heavy atom. The van der Waals surface area contributed by atoms with Crippen LogP contribution in [0.25, 0.3) is 0 Å². The molecule has 3 atom stereocenters. The third kappa shape index (κ3) is 3.25. The molecule has 0 radical (unpaired) electrons. The number of carbonyl (C=O) groups is 1. The van der Waals surface area contributed by atoms with Crippen LogP contribution < -0.4 is 4.74 Å². The minimum atomic E-state index is -0.611. The van der Waals surface area contributed by atoms with Crippen LogP contribution >= 0.6 is 15.9 Å². The minimum Gasteiger partial charge on any atom is -0.497 e. The van der Waals surface area contributed by atoms with Crippen LogP contribution in [0.15, 0.2) is 46.9 Å². The van der Waals surface area contributed by atoms with Gasteiger partial charge in [0.25, 0.3) is 0 Å². The number of carbonyl (C=O) groups excluding carboxylic acids is 1. The van der Waals surface area contributed by atoms with Crippen LogP contribution in [0.4, 0.5) is 0 Å². The fourth-order valence-corrected chi connectivity index (χ4v) is 5.01. The molecule has 0 bridgehead atoms. The van der Waals surface area contributed by atoms with Crippen molar-refractivity contribution in [1.29, 1.82) is 0 Å². The van der Waals surface area contributed by atoms with Gasteiger partial charge in [0.2, 0.25) is 5.91 Å². The summed E-state index contributed by atoms with van der Waals surface area (Å²) in [6.07, 6.45) is 1.54. The largest absolute Gasteiger partial charge is 0.497 e. The Morgan fingerprint density at radius 1 is 1.32 bits per heavy atom. The Labute approximate surface area is 175 Å². The molecule has 1 aliphatic carbocycles. The molecule has 1 fully saturated rings. The first-order valence-electron chi connectivity index (χ1n) is 9.73. The fourth-order valence-electron chi connectivity index (χ4n) is 4.60. The maximum Gasteiger partial charge on any atom is 0.228 e. The Kier molecular flexibility index (Phi) is 5.00. The molecular weight excluding hydrogens is 418 g/mol. The zero-order valence-electron chi connectivity index (χ0n) is 16.7. The summed E-state index contributed by atoms with van der Waals surface area (Å²) < 4.78 is 12.7. The quantitative estimate of drug-likeness (QED) is 0.674. The summed E-state index contributed by atoms with van der Waals surface area (Å²) in [5.41, 5.74) is 2.97. The first kappa shape index (κ1) is 19.5. The Balaban J connectivity index is 1.61. The van der Waals surface area contributed by atoms with Gasteiger partial charge in [-0.15, -0.1) is 0 Å². The van der Waals surface area contributed by atoms with Crippen molar-refractivity contribution in [2.75, 3.05) is 7.11 Å². The second-order valence-electron chi connectivity index (χ2n) is 8.22. The van der Waals surface area contributed by atoms with Gasteiger partial charge in [0.1, 0.15) is 11.5 Å². The molecule has 5 heteroatoms. The molecule has 0 N–H and O–H groups in total. The molecule has 148 valence electrons. The van der Waals surface area contributed by atoms with E-state index in [1.54, 1.807) is 7.11 Å². The number of nitrogens with zero attached hydrogens (tertiary/aromatic N) is 1. The second-order valence-corrected chi connectivity index (χ2v) is 9.08. The van der Waals surface area contributed by atoms with Gasteiger partial charge in [-0.05, 0) is 55.2 Å². The molecule has 2 aliphatic rings. The summed E-state index contributed by atoms with van der Waals surface area (Å²) in [6, 6.07) is 14.3. The third-order valence-corrected chi connectivity index (χ3v) is 6.66. The molecular formula is C23H26BrNO3. The molecule has 1 saturated heterocycles. The third-order valence-electron chi connectivity index (χ3n) is 5.88. The zero-order chi connectivity index (χ0) is 20.1. The topological polar surface area (TPSA) is 38.8 Å². The standard InChI is InChI=1S/C23H26BrNO3/c1-14(11-16-12-17(27-4)9-10-19(16)24)22(26)25-21-18-8-6-5-7-15(18)13-20(21)28-23(25,2)3/h5-10,12,14,20-21H,11,13H2,1-4H3/t14-,20-,21+/m0/s1. The number of hydrogen-bond acceptors (Lipinski definition) is 3. The maximum atomic E-state index is 13.6. The van der Waals surface area contributed by atoms with Gasteiger partial charge in [0.05, 0.1) is 19.3 Å². The van der Waals surface area contributed by atoms with Crippen molar-refractivity contribution in [1.82, 2.24) is 4.90 Å². The van der Waals surface area contributed by atoms with Crippen LogP contribution in [-0.4, -0.2) is 29.7 Å². The first-order chi connectivity index (χ1) is 13.3. The normalized spacial score (nSPS) is 23.2. The molecule has 28 heavy (non-hydrogen) atoms. The van der Waals surface area contributed by atoms with Crippen molar-refractivity contribution < 1.29 is 14.3 Å². The van der Waals surface area contributed by atoms with Crippen LogP contribution in [0, 0.1) is 5.92 Å². The zero-order valence-corrected chi connectivity index (χ0v) is 18.3. The van der Waals surface area contributed by atoms with Crippen molar-refractivity contribution in [3.05, 3.63) is 63.6 Å². The number of benzene rings is 2. The van der Waals surface area contributed by atoms with Crippen molar-refractivity contribution in [3.8, 4) is 5.75 Å². The Morgan fingerprint density at radius 3 is 2.82 bits per heavy atom. The van der Waals surface area contributed by atoms with E-state index in [1.165, 1.54) is 11.1 Å². The summed E-state index contributed by atoms with van der Waals surface area (Å²) in [7, 11) is 1.66. The van der Waals surface area contributed by atoms with E-state index >= 15 is 0 Å². The van der Waals surface area contributed by atoms with Gasteiger partial charge in [-0.2, -0.15) is 0 Å². The van der Waals surface area contributed by atoms with E-state index in [0.29, 0.717) is 6.42 Å². The molecule has 4 rings (SSSR count). The average Bonchev–Trinajstić information content (AvgIpc) is 3.13. The van der Waals surface area contributed by atoms with Crippen LogP contribution in [0.2, 0.25) is 0 Å². The van der Waals surface area contributed by atoms with Gasteiger partial charge in [0.15, 0.2) is 0 Å². The number of fused-ring (bicyclic) bond motifs is 3. The summed E-state index contributed by atoms with van der Waals surface area (Å²) in [5.74, 6) is 0.759. The number of methoxy groups -OCH3 is 1. The molecule has 1 heterocycles. The summed E-state index contributed by atoms with van der Waals surface area (Å²) >= 11 is 3.60. The molecule has 0 aromatic heterocycles. The van der Waals surface area contributed by atoms with E-state index < -0.39 is 5.72 Å². The van der Waals surface area contributed by atoms with Crippen molar-refractivity contribution in [2.45, 2.75) is 51.5 Å². The lowest BCUT2D eigenvalue weighted by Crippen LogP contribution is -2.47. The summed E-state index contributed by atoms with van der Waals surface area (Å²) in [6.45, 7) is 6.00. The lowest BCUT2D eigenvalue weighted by molar-refractivity contribution is -0.151. The lowest BCUT2D eigenvalue weighted by Gasteiger charge is -2.36. The van der Waals surface area contributed by atoms with Gasteiger partial charge in [-0.3, -0.25) is 4.79 Å². The van der Waals surface area contributed by atoms with E-state index in [1.807, 2.05) is 49.9 Å². The van der Waals surface area contributed by atoms with E-state index in [2.05, 4.69) is 34.1 Å². The SMILES string of the molecule is COc1ccc(Br)c(C[C@H](C)C(=O)N2[C@@H]3c4ccccc4C[C@@H]3OC2(C)C)c1. The monoisotopic (exact) mass is 443 g/mol. The van der Waals surface area contributed by atoms with Crippen LogP contribution in [0.3, 0.4) is 0 Å². The Hall–Kier alpha value is -1.85. The highest BCUT2D eigenvalue weighted by molar-refractivity contribution is 9.10. The Bertz CT molecular complexity index is 910. The first-order valence-corrected chi connectivity index (χ1v) is 10.5. The molecule has 0 saturated carbocycles. The number of amides is 1. The summed E-state index contributed by atoms with van der Waals surface area (Å²) in [5, 5.41) is 0. The molecule has 4 nitrogen and oxygen atoms in total. The molecule has 2 aromatic rings. The fraction of sp³-hybridized carbons (Fsp3) is 0.435. The van der Waals surface area contributed by atoms with E-state index in [9.17, 15) is 4.79 Å². The average molecular weight is 444 g/mol. The van der Waals surface area contributed by atoms with Gasteiger partial charge in [-0.1, -0.05) is 47.1 Å².